The highest BCUT2D eigenvalue weighted by Crippen LogP contribution is 2.28. The number of sulfone groups is 1. The molecule has 2 aromatic heterocycles. The Morgan fingerprint density at radius 1 is 1.04 bits per heavy atom. The van der Waals surface area contributed by atoms with E-state index >= 15 is 0 Å². The third-order valence-corrected chi connectivity index (χ3v) is 6.24. The highest BCUT2D eigenvalue weighted by atomic mass is 32.2. The zero-order valence-corrected chi connectivity index (χ0v) is 15.6. The predicted molar refractivity (Wildman–Crippen MR) is 102 cm³/mol. The van der Waals surface area contributed by atoms with Crippen molar-refractivity contribution in [2.75, 3.05) is 6.54 Å². The van der Waals surface area contributed by atoms with Crippen LogP contribution in [0.4, 0.5) is 0 Å². The van der Waals surface area contributed by atoms with Crippen LogP contribution in [0.3, 0.4) is 0 Å². The summed E-state index contributed by atoms with van der Waals surface area (Å²) in [4.78, 5) is 20.5. The Hall–Kier alpha value is -3.06. The van der Waals surface area contributed by atoms with E-state index in [9.17, 15) is 13.2 Å². The molecule has 7 heteroatoms. The van der Waals surface area contributed by atoms with Crippen LogP contribution in [0.5, 0.6) is 0 Å². The molecule has 0 fully saturated rings. The molecule has 138 valence electrons. The lowest BCUT2D eigenvalue weighted by Gasteiger charge is -2.19. The van der Waals surface area contributed by atoms with Crippen LogP contribution < -0.4 is 5.32 Å². The molecular formula is C20H19N3O3S. The van der Waals surface area contributed by atoms with E-state index in [1.165, 1.54) is 12.4 Å². The van der Waals surface area contributed by atoms with Crippen molar-refractivity contribution >= 4 is 15.7 Å². The second-order valence-electron chi connectivity index (χ2n) is 6.06. The first kappa shape index (κ1) is 18.7. The molecule has 1 N–H and O–H groups in total. The summed E-state index contributed by atoms with van der Waals surface area (Å²) in [7, 11) is -3.72. The lowest BCUT2D eigenvalue weighted by Crippen LogP contribution is -2.32. The number of hydrogen-bond donors (Lipinski definition) is 1. The van der Waals surface area contributed by atoms with E-state index in [0.717, 1.165) is 5.56 Å². The first-order chi connectivity index (χ1) is 13.0. The van der Waals surface area contributed by atoms with Gasteiger partial charge in [0.25, 0.3) is 5.91 Å². The number of hydrogen-bond acceptors (Lipinski definition) is 5. The Bertz CT molecular complexity index is 1010. The van der Waals surface area contributed by atoms with Gasteiger partial charge in [0.1, 0.15) is 10.9 Å². The van der Waals surface area contributed by atoms with Crippen LogP contribution in [0, 0.1) is 6.92 Å². The summed E-state index contributed by atoms with van der Waals surface area (Å²) in [5.74, 6) is -0.427. The molecule has 3 rings (SSSR count). The van der Waals surface area contributed by atoms with Gasteiger partial charge in [-0.25, -0.2) is 8.42 Å². The topological polar surface area (TPSA) is 89.0 Å². The smallest absolute Gasteiger partial charge is 0.269 e. The van der Waals surface area contributed by atoms with Crippen LogP contribution in [0.15, 0.2) is 78.1 Å². The number of nitrogens with zero attached hydrogens (tertiary/aromatic N) is 2. The molecule has 0 saturated carbocycles. The molecule has 1 amide bonds. The van der Waals surface area contributed by atoms with E-state index in [2.05, 4.69) is 15.3 Å². The number of benzene rings is 1. The van der Waals surface area contributed by atoms with Crippen molar-refractivity contribution in [1.29, 1.82) is 0 Å². The highest BCUT2D eigenvalue weighted by molar-refractivity contribution is 7.91. The minimum Gasteiger partial charge on any atom is -0.349 e. The Balaban J connectivity index is 1.90. The summed E-state index contributed by atoms with van der Waals surface area (Å²) < 4.78 is 26.4. The van der Waals surface area contributed by atoms with Gasteiger partial charge >= 0.3 is 0 Å². The van der Waals surface area contributed by atoms with Crippen molar-refractivity contribution in [3.05, 3.63) is 90.0 Å². The molecule has 1 unspecified atom stereocenters. The van der Waals surface area contributed by atoms with E-state index in [4.69, 9.17) is 0 Å². The number of amides is 1. The van der Waals surface area contributed by atoms with E-state index in [1.807, 2.05) is 6.92 Å². The van der Waals surface area contributed by atoms with E-state index in [0.29, 0.717) is 5.56 Å². The Kier molecular flexibility index (Phi) is 5.61. The lowest BCUT2D eigenvalue weighted by atomic mass is 10.2. The van der Waals surface area contributed by atoms with Gasteiger partial charge in [0.2, 0.25) is 0 Å². The predicted octanol–water partition coefficient (Wildman–Crippen LogP) is 2.73. The number of nitrogens with one attached hydrogen (secondary N) is 1. The molecule has 0 aliphatic heterocycles. The molecule has 0 aliphatic rings. The summed E-state index contributed by atoms with van der Waals surface area (Å²) in [6, 6.07) is 15.0. The fourth-order valence-corrected chi connectivity index (χ4v) is 4.28. The monoisotopic (exact) mass is 381 g/mol. The largest absolute Gasteiger partial charge is 0.349 e. The number of aromatic nitrogens is 2. The molecule has 0 radical (unpaired) electrons. The lowest BCUT2D eigenvalue weighted by molar-refractivity contribution is 0.0948. The number of carbonyl (C=O) groups excluding carboxylic acids is 1. The molecule has 1 atom stereocenters. The van der Waals surface area contributed by atoms with Gasteiger partial charge in [0, 0.05) is 25.1 Å². The maximum absolute atomic E-state index is 13.2. The fourth-order valence-electron chi connectivity index (χ4n) is 2.64. The minimum atomic E-state index is -3.72. The SMILES string of the molecule is Cc1ccc(S(=O)(=O)C(CNC(=O)c2ccccn2)c2cccnc2)cc1. The normalized spacial score (nSPS) is 12.3. The van der Waals surface area contributed by atoms with Crippen LogP contribution in [0.2, 0.25) is 0 Å². The third-order valence-electron chi connectivity index (χ3n) is 4.13. The maximum Gasteiger partial charge on any atom is 0.269 e. The molecule has 0 bridgehead atoms. The quantitative estimate of drug-likeness (QED) is 0.709. The van der Waals surface area contributed by atoms with Crippen molar-refractivity contribution in [1.82, 2.24) is 15.3 Å². The molecule has 0 spiro atoms. The summed E-state index contributed by atoms with van der Waals surface area (Å²) in [5.41, 5.74) is 1.71. The van der Waals surface area contributed by atoms with Gasteiger partial charge in [-0.1, -0.05) is 29.8 Å². The second kappa shape index (κ2) is 8.09. The molecule has 0 saturated heterocycles. The highest BCUT2D eigenvalue weighted by Gasteiger charge is 2.30. The Morgan fingerprint density at radius 2 is 1.81 bits per heavy atom. The average molecular weight is 381 g/mol. The number of carbonyl (C=O) groups is 1. The average Bonchev–Trinajstić information content (AvgIpc) is 2.69. The summed E-state index contributed by atoms with van der Waals surface area (Å²) in [6.45, 7) is 1.80. The molecule has 27 heavy (non-hydrogen) atoms. The van der Waals surface area contributed by atoms with Gasteiger partial charge in [0.15, 0.2) is 9.84 Å². The molecular weight excluding hydrogens is 362 g/mol. The van der Waals surface area contributed by atoms with Crippen molar-refractivity contribution in [2.45, 2.75) is 17.1 Å². The first-order valence-corrected chi connectivity index (χ1v) is 9.93. The van der Waals surface area contributed by atoms with Crippen molar-refractivity contribution in [3.8, 4) is 0 Å². The van der Waals surface area contributed by atoms with Crippen LogP contribution in [0.1, 0.15) is 26.9 Å². The van der Waals surface area contributed by atoms with Crippen LogP contribution >= 0.6 is 0 Å². The Labute approximate surface area is 158 Å². The van der Waals surface area contributed by atoms with Crippen molar-refractivity contribution in [3.63, 3.8) is 0 Å². The van der Waals surface area contributed by atoms with Gasteiger partial charge in [-0.3, -0.25) is 14.8 Å². The van der Waals surface area contributed by atoms with Crippen LogP contribution in [-0.2, 0) is 9.84 Å². The van der Waals surface area contributed by atoms with E-state index < -0.39 is 21.0 Å². The standard InChI is InChI=1S/C20H19N3O3S/c1-15-7-9-17(10-8-15)27(25,26)19(16-5-4-11-21-13-16)14-23-20(24)18-6-2-3-12-22-18/h2-13,19H,14H2,1H3,(H,23,24). The molecule has 3 aromatic rings. The van der Waals surface area contributed by atoms with Gasteiger partial charge < -0.3 is 5.32 Å². The van der Waals surface area contributed by atoms with Gasteiger partial charge in [-0.2, -0.15) is 0 Å². The molecule has 1 aromatic carbocycles. The van der Waals surface area contributed by atoms with E-state index in [1.54, 1.807) is 60.8 Å². The summed E-state index contributed by atoms with van der Waals surface area (Å²) in [5, 5.41) is 1.72. The van der Waals surface area contributed by atoms with Gasteiger partial charge in [0.05, 0.1) is 4.90 Å². The number of pyridine rings is 2. The van der Waals surface area contributed by atoms with Gasteiger partial charge in [-0.05, 0) is 42.8 Å². The third kappa shape index (κ3) is 4.38. The first-order valence-electron chi connectivity index (χ1n) is 8.38. The Morgan fingerprint density at radius 3 is 2.44 bits per heavy atom. The maximum atomic E-state index is 13.2. The summed E-state index contributed by atoms with van der Waals surface area (Å²) >= 11 is 0. The van der Waals surface area contributed by atoms with Crippen LogP contribution in [-0.4, -0.2) is 30.8 Å². The van der Waals surface area contributed by atoms with E-state index in [-0.39, 0.29) is 17.1 Å². The second-order valence-corrected chi connectivity index (χ2v) is 8.19. The zero-order valence-electron chi connectivity index (χ0n) is 14.7. The number of aryl methyl sites for hydroxylation is 1. The fraction of sp³-hybridized carbons (Fsp3) is 0.150. The molecule has 0 aliphatic carbocycles. The minimum absolute atomic E-state index is 0.0860. The van der Waals surface area contributed by atoms with Crippen molar-refractivity contribution < 1.29 is 13.2 Å². The summed E-state index contributed by atoms with van der Waals surface area (Å²) in [6.07, 6.45) is 4.59. The van der Waals surface area contributed by atoms with Crippen LogP contribution in [0.25, 0.3) is 0 Å². The number of rotatable bonds is 6. The van der Waals surface area contributed by atoms with Gasteiger partial charge in [-0.15, -0.1) is 0 Å². The molecule has 2 heterocycles. The van der Waals surface area contributed by atoms with Crippen molar-refractivity contribution in [2.24, 2.45) is 0 Å². The zero-order chi connectivity index (χ0) is 19.3. The molecule has 6 nitrogen and oxygen atoms in total.